The fourth-order valence-corrected chi connectivity index (χ4v) is 3.43. The van der Waals surface area contributed by atoms with Gasteiger partial charge >= 0.3 is 0 Å². The first-order valence-electron chi connectivity index (χ1n) is 8.64. The summed E-state index contributed by atoms with van der Waals surface area (Å²) in [4.78, 5) is 12.5. The van der Waals surface area contributed by atoms with E-state index in [-0.39, 0.29) is 25.0 Å². The Kier molecular flexibility index (Phi) is 6.94. The molecule has 1 N–H and O–H groups in total. The van der Waals surface area contributed by atoms with Gasteiger partial charge in [-0.25, -0.2) is 8.42 Å². The van der Waals surface area contributed by atoms with Crippen molar-refractivity contribution in [3.8, 4) is 0 Å². The molecule has 0 saturated carbocycles. The molecule has 2 aromatic rings. The minimum absolute atomic E-state index is 0.135. The third kappa shape index (κ3) is 5.97. The van der Waals surface area contributed by atoms with Crippen LogP contribution in [0.3, 0.4) is 0 Å². The lowest BCUT2D eigenvalue weighted by Gasteiger charge is -2.22. The minimum atomic E-state index is -3.50. The number of hydrogen-bond donors (Lipinski definition) is 1. The number of aryl methyl sites for hydroxylation is 1. The Morgan fingerprint density at radius 3 is 2.23 bits per heavy atom. The summed E-state index contributed by atoms with van der Waals surface area (Å²) in [6.45, 7) is 3.93. The minimum Gasteiger partial charge on any atom is -0.348 e. The van der Waals surface area contributed by atoms with Crippen molar-refractivity contribution < 1.29 is 13.2 Å². The topological polar surface area (TPSA) is 66.5 Å². The second-order valence-electron chi connectivity index (χ2n) is 6.46. The van der Waals surface area contributed by atoms with E-state index in [9.17, 15) is 13.2 Å². The van der Waals surface area contributed by atoms with E-state index in [0.29, 0.717) is 0 Å². The first-order valence-corrected chi connectivity index (χ1v) is 10.5. The summed E-state index contributed by atoms with van der Waals surface area (Å²) >= 11 is 0. The second-order valence-corrected chi connectivity index (χ2v) is 8.44. The standard InChI is InChI=1S/C20H26N2O3S/c1-4-19(18-8-6-5-7-9-18)21-20(23)15-22(26(3,24)25)14-17-12-10-16(2)11-13-17/h5-13,19H,4,14-15H2,1-3H3,(H,21,23). The molecule has 140 valence electrons. The smallest absolute Gasteiger partial charge is 0.235 e. The summed E-state index contributed by atoms with van der Waals surface area (Å²) in [5.74, 6) is -0.307. The molecule has 0 bridgehead atoms. The summed E-state index contributed by atoms with van der Waals surface area (Å²) in [6.07, 6.45) is 1.86. The Morgan fingerprint density at radius 2 is 1.69 bits per heavy atom. The van der Waals surface area contributed by atoms with Crippen LogP contribution in [-0.2, 0) is 21.4 Å². The zero-order valence-corrected chi connectivity index (χ0v) is 16.3. The van der Waals surface area contributed by atoms with Crippen molar-refractivity contribution >= 4 is 15.9 Å². The van der Waals surface area contributed by atoms with Gasteiger partial charge in [0.2, 0.25) is 15.9 Å². The van der Waals surface area contributed by atoms with Gasteiger partial charge < -0.3 is 5.32 Å². The Balaban J connectivity index is 2.07. The highest BCUT2D eigenvalue weighted by Crippen LogP contribution is 2.16. The van der Waals surface area contributed by atoms with Crippen molar-refractivity contribution in [3.63, 3.8) is 0 Å². The molecule has 6 heteroatoms. The van der Waals surface area contributed by atoms with Crippen LogP contribution in [0.1, 0.15) is 36.1 Å². The van der Waals surface area contributed by atoms with Gasteiger partial charge in [0.05, 0.1) is 18.8 Å². The molecule has 0 fully saturated rings. The molecule has 2 aromatic carbocycles. The zero-order valence-electron chi connectivity index (χ0n) is 15.5. The number of carbonyl (C=O) groups excluding carboxylic acids is 1. The molecule has 0 aliphatic carbocycles. The SMILES string of the molecule is CCC(NC(=O)CN(Cc1ccc(C)cc1)S(C)(=O)=O)c1ccccc1. The molecule has 1 amide bonds. The van der Waals surface area contributed by atoms with Crippen molar-refractivity contribution in [1.82, 2.24) is 9.62 Å². The monoisotopic (exact) mass is 374 g/mol. The molecule has 5 nitrogen and oxygen atoms in total. The van der Waals surface area contributed by atoms with Crippen LogP contribution in [0.4, 0.5) is 0 Å². The van der Waals surface area contributed by atoms with Gasteiger partial charge in [0.25, 0.3) is 0 Å². The van der Waals surface area contributed by atoms with E-state index in [1.165, 1.54) is 4.31 Å². The van der Waals surface area contributed by atoms with Gasteiger partial charge in [0.15, 0.2) is 0 Å². The Morgan fingerprint density at radius 1 is 1.08 bits per heavy atom. The maximum Gasteiger partial charge on any atom is 0.235 e. The third-order valence-corrected chi connectivity index (χ3v) is 5.41. The van der Waals surface area contributed by atoms with Gasteiger partial charge in [-0.15, -0.1) is 0 Å². The highest BCUT2D eigenvalue weighted by molar-refractivity contribution is 7.88. The molecule has 0 heterocycles. The van der Waals surface area contributed by atoms with Crippen molar-refractivity contribution in [2.45, 2.75) is 32.9 Å². The lowest BCUT2D eigenvalue weighted by Crippen LogP contribution is -2.41. The summed E-state index contributed by atoms with van der Waals surface area (Å²) < 4.78 is 25.4. The molecule has 26 heavy (non-hydrogen) atoms. The number of rotatable bonds is 8. The normalized spacial score (nSPS) is 12.8. The number of carbonyl (C=O) groups is 1. The average Bonchev–Trinajstić information content (AvgIpc) is 2.61. The van der Waals surface area contributed by atoms with Crippen LogP contribution in [0.5, 0.6) is 0 Å². The average molecular weight is 375 g/mol. The number of nitrogens with zero attached hydrogens (tertiary/aromatic N) is 1. The summed E-state index contributed by atoms with van der Waals surface area (Å²) in [5.41, 5.74) is 2.96. The largest absolute Gasteiger partial charge is 0.348 e. The lowest BCUT2D eigenvalue weighted by atomic mass is 10.0. The Labute approximate surface area is 156 Å². The summed E-state index contributed by atoms with van der Waals surface area (Å²) in [6, 6.07) is 17.2. The molecule has 1 atom stereocenters. The first kappa shape index (κ1) is 20.1. The molecule has 0 aliphatic heterocycles. The lowest BCUT2D eigenvalue weighted by molar-refractivity contribution is -0.122. The summed E-state index contributed by atoms with van der Waals surface area (Å²) in [7, 11) is -3.50. The molecule has 0 aliphatic rings. The number of benzene rings is 2. The highest BCUT2D eigenvalue weighted by Gasteiger charge is 2.22. The van der Waals surface area contributed by atoms with Crippen LogP contribution >= 0.6 is 0 Å². The zero-order chi connectivity index (χ0) is 19.2. The maximum absolute atomic E-state index is 12.5. The van der Waals surface area contributed by atoms with Crippen LogP contribution in [-0.4, -0.2) is 31.4 Å². The maximum atomic E-state index is 12.5. The van der Waals surface area contributed by atoms with Gasteiger partial charge in [-0.3, -0.25) is 4.79 Å². The molecule has 0 aromatic heterocycles. The van der Waals surface area contributed by atoms with Crippen LogP contribution in [0.15, 0.2) is 54.6 Å². The fraction of sp³-hybridized carbons (Fsp3) is 0.350. The van der Waals surface area contributed by atoms with E-state index < -0.39 is 10.0 Å². The fourth-order valence-electron chi connectivity index (χ4n) is 2.69. The van der Waals surface area contributed by atoms with Crippen molar-refractivity contribution in [3.05, 3.63) is 71.3 Å². The predicted molar refractivity (Wildman–Crippen MR) is 104 cm³/mol. The van der Waals surface area contributed by atoms with E-state index in [1.54, 1.807) is 0 Å². The number of hydrogen-bond acceptors (Lipinski definition) is 3. The van der Waals surface area contributed by atoms with Crippen LogP contribution in [0, 0.1) is 6.92 Å². The summed E-state index contributed by atoms with van der Waals surface area (Å²) in [5, 5.41) is 2.94. The van der Waals surface area contributed by atoms with E-state index in [4.69, 9.17) is 0 Å². The van der Waals surface area contributed by atoms with E-state index in [1.807, 2.05) is 68.4 Å². The van der Waals surface area contributed by atoms with Crippen molar-refractivity contribution in [1.29, 1.82) is 0 Å². The van der Waals surface area contributed by atoms with E-state index in [2.05, 4.69) is 5.32 Å². The predicted octanol–water partition coefficient (Wildman–Crippen LogP) is 3.02. The molecular weight excluding hydrogens is 348 g/mol. The van der Waals surface area contributed by atoms with Gasteiger partial charge in [-0.05, 0) is 24.5 Å². The Hall–Kier alpha value is -2.18. The molecule has 1 unspecified atom stereocenters. The quantitative estimate of drug-likeness (QED) is 0.772. The van der Waals surface area contributed by atoms with Gasteiger partial charge in [0.1, 0.15) is 0 Å². The molecule has 0 saturated heterocycles. The van der Waals surface area contributed by atoms with Crippen LogP contribution < -0.4 is 5.32 Å². The third-order valence-electron chi connectivity index (χ3n) is 4.21. The van der Waals surface area contributed by atoms with Gasteiger partial charge in [-0.1, -0.05) is 67.1 Å². The van der Waals surface area contributed by atoms with Crippen molar-refractivity contribution in [2.75, 3.05) is 12.8 Å². The van der Waals surface area contributed by atoms with Crippen LogP contribution in [0.2, 0.25) is 0 Å². The van der Waals surface area contributed by atoms with Gasteiger partial charge in [0, 0.05) is 6.54 Å². The number of amides is 1. The van der Waals surface area contributed by atoms with Gasteiger partial charge in [-0.2, -0.15) is 4.31 Å². The molecule has 0 radical (unpaired) electrons. The second kappa shape index (κ2) is 8.96. The molecule has 2 rings (SSSR count). The number of nitrogens with one attached hydrogen (secondary N) is 1. The molecule has 0 spiro atoms. The number of sulfonamides is 1. The van der Waals surface area contributed by atoms with E-state index in [0.717, 1.165) is 29.4 Å². The molecular formula is C20H26N2O3S. The highest BCUT2D eigenvalue weighted by atomic mass is 32.2. The van der Waals surface area contributed by atoms with Crippen LogP contribution in [0.25, 0.3) is 0 Å². The Bertz CT molecular complexity index is 818. The first-order chi connectivity index (χ1) is 12.3. The van der Waals surface area contributed by atoms with E-state index >= 15 is 0 Å². The van der Waals surface area contributed by atoms with Crippen molar-refractivity contribution in [2.24, 2.45) is 0 Å².